The summed E-state index contributed by atoms with van der Waals surface area (Å²) in [7, 11) is 0. The quantitative estimate of drug-likeness (QED) is 0.660. The number of rotatable bonds is 3. The zero-order valence-corrected chi connectivity index (χ0v) is 9.54. The third kappa shape index (κ3) is 5.97. The average molecular weight is 202 g/mol. The molecule has 1 saturated heterocycles. The van der Waals surface area contributed by atoms with Crippen molar-refractivity contribution in [2.75, 3.05) is 13.2 Å². The van der Waals surface area contributed by atoms with E-state index in [0.717, 1.165) is 32.5 Å². The van der Waals surface area contributed by atoms with Gasteiger partial charge in [0.1, 0.15) is 6.10 Å². The third-order valence-electron chi connectivity index (χ3n) is 1.92. The number of esters is 1. The second kappa shape index (κ2) is 9.00. The minimum atomic E-state index is -0.0654. The van der Waals surface area contributed by atoms with Crippen LogP contribution in [0.3, 0.4) is 0 Å². The highest BCUT2D eigenvalue weighted by molar-refractivity contribution is 5.69. The van der Waals surface area contributed by atoms with Crippen molar-refractivity contribution >= 4 is 5.97 Å². The van der Waals surface area contributed by atoms with Crippen LogP contribution in [-0.4, -0.2) is 25.3 Å². The summed E-state index contributed by atoms with van der Waals surface area (Å²) >= 11 is 0. The van der Waals surface area contributed by atoms with Crippen LogP contribution in [0.2, 0.25) is 0 Å². The molecule has 1 aliphatic rings. The van der Waals surface area contributed by atoms with Gasteiger partial charge in [-0.25, -0.2) is 0 Å². The first-order chi connectivity index (χ1) is 6.83. The van der Waals surface area contributed by atoms with Gasteiger partial charge in [0.2, 0.25) is 0 Å². The smallest absolute Gasteiger partial charge is 0.306 e. The molecule has 0 atom stereocenters. The van der Waals surface area contributed by atoms with Crippen LogP contribution in [-0.2, 0) is 14.3 Å². The summed E-state index contributed by atoms with van der Waals surface area (Å²) in [6.07, 6.45) is 3.22. The maximum atomic E-state index is 11.0. The molecule has 1 aliphatic heterocycles. The Labute approximate surface area is 86.8 Å². The molecular formula is C11H22O3. The van der Waals surface area contributed by atoms with Crippen molar-refractivity contribution in [3.05, 3.63) is 0 Å². The molecule has 1 heterocycles. The van der Waals surface area contributed by atoms with Gasteiger partial charge in [-0.1, -0.05) is 20.8 Å². The lowest BCUT2D eigenvalue weighted by atomic mass is 10.1. The monoisotopic (exact) mass is 202 g/mol. The van der Waals surface area contributed by atoms with E-state index in [1.165, 1.54) is 0 Å². The third-order valence-corrected chi connectivity index (χ3v) is 1.92. The largest absolute Gasteiger partial charge is 0.462 e. The Morgan fingerprint density at radius 2 is 1.93 bits per heavy atom. The molecule has 0 amide bonds. The molecule has 0 aromatic heterocycles. The van der Waals surface area contributed by atoms with E-state index in [0.29, 0.717) is 6.42 Å². The van der Waals surface area contributed by atoms with E-state index in [1.807, 2.05) is 20.8 Å². The summed E-state index contributed by atoms with van der Waals surface area (Å²) in [6, 6.07) is 0. The van der Waals surface area contributed by atoms with E-state index in [4.69, 9.17) is 9.47 Å². The minimum absolute atomic E-state index is 0.0654. The van der Waals surface area contributed by atoms with Gasteiger partial charge in [-0.2, -0.15) is 0 Å². The molecule has 1 rings (SSSR count). The summed E-state index contributed by atoms with van der Waals surface area (Å²) in [5.74, 6) is -0.0654. The highest BCUT2D eigenvalue weighted by Crippen LogP contribution is 2.11. The van der Waals surface area contributed by atoms with Crippen LogP contribution in [0, 0.1) is 0 Å². The van der Waals surface area contributed by atoms with Crippen molar-refractivity contribution in [1.82, 2.24) is 0 Å². The van der Waals surface area contributed by atoms with Gasteiger partial charge in [0.15, 0.2) is 0 Å². The van der Waals surface area contributed by atoms with Crippen molar-refractivity contribution in [3.8, 4) is 0 Å². The first-order valence-electron chi connectivity index (χ1n) is 5.60. The van der Waals surface area contributed by atoms with E-state index >= 15 is 0 Å². The highest BCUT2D eigenvalue weighted by atomic mass is 16.5. The van der Waals surface area contributed by atoms with Gasteiger partial charge in [-0.15, -0.1) is 0 Å². The van der Waals surface area contributed by atoms with Gasteiger partial charge in [-0.3, -0.25) is 4.79 Å². The van der Waals surface area contributed by atoms with Crippen LogP contribution in [0.15, 0.2) is 0 Å². The van der Waals surface area contributed by atoms with Gasteiger partial charge < -0.3 is 9.47 Å². The van der Waals surface area contributed by atoms with Gasteiger partial charge in [0.25, 0.3) is 0 Å². The van der Waals surface area contributed by atoms with Crippen molar-refractivity contribution in [2.24, 2.45) is 0 Å². The molecule has 0 aliphatic carbocycles. The van der Waals surface area contributed by atoms with Crippen molar-refractivity contribution in [2.45, 2.75) is 52.6 Å². The van der Waals surface area contributed by atoms with Gasteiger partial charge >= 0.3 is 5.97 Å². The van der Waals surface area contributed by atoms with Crippen molar-refractivity contribution in [3.63, 3.8) is 0 Å². The molecule has 0 radical (unpaired) electrons. The maximum Gasteiger partial charge on any atom is 0.306 e. The first-order valence-corrected chi connectivity index (χ1v) is 5.60. The number of ether oxygens (including phenoxy) is 2. The molecule has 0 saturated carbocycles. The Morgan fingerprint density at radius 3 is 2.43 bits per heavy atom. The van der Waals surface area contributed by atoms with Gasteiger partial charge in [0, 0.05) is 19.3 Å². The summed E-state index contributed by atoms with van der Waals surface area (Å²) in [5, 5.41) is 0. The number of hydrogen-bond acceptors (Lipinski definition) is 3. The molecule has 84 valence electrons. The zero-order chi connectivity index (χ0) is 10.8. The van der Waals surface area contributed by atoms with E-state index < -0.39 is 0 Å². The lowest BCUT2D eigenvalue weighted by Crippen LogP contribution is -2.25. The van der Waals surface area contributed by atoms with Crippen LogP contribution >= 0.6 is 0 Å². The molecule has 14 heavy (non-hydrogen) atoms. The molecule has 0 spiro atoms. The number of hydrogen-bond donors (Lipinski definition) is 0. The molecule has 0 unspecified atom stereocenters. The van der Waals surface area contributed by atoms with Crippen molar-refractivity contribution in [1.29, 1.82) is 0 Å². The van der Waals surface area contributed by atoms with Gasteiger partial charge in [0.05, 0.1) is 13.2 Å². The summed E-state index contributed by atoms with van der Waals surface area (Å²) in [6.45, 7) is 7.43. The summed E-state index contributed by atoms with van der Waals surface area (Å²) in [4.78, 5) is 11.0. The standard InChI is InChI=1S/C9H16O3.C2H6/c1-2-3-9(10)12-8-4-6-11-7-5-8;1-2/h8H,2-7H2,1H3;1-2H3. The Balaban J connectivity index is 0.000000791. The first kappa shape index (κ1) is 13.4. The van der Waals surface area contributed by atoms with E-state index in [9.17, 15) is 4.79 Å². The fourth-order valence-electron chi connectivity index (χ4n) is 1.24. The average Bonchev–Trinajstić information content (AvgIpc) is 2.22. The van der Waals surface area contributed by atoms with E-state index in [2.05, 4.69) is 0 Å². The molecule has 1 fully saturated rings. The fourth-order valence-corrected chi connectivity index (χ4v) is 1.24. The van der Waals surface area contributed by atoms with Crippen LogP contribution in [0.4, 0.5) is 0 Å². The second-order valence-electron chi connectivity index (χ2n) is 3.05. The topological polar surface area (TPSA) is 35.5 Å². The molecule has 3 heteroatoms. The van der Waals surface area contributed by atoms with Gasteiger partial charge in [-0.05, 0) is 6.42 Å². The van der Waals surface area contributed by atoms with Crippen LogP contribution in [0.25, 0.3) is 0 Å². The van der Waals surface area contributed by atoms with Crippen LogP contribution in [0.5, 0.6) is 0 Å². The Morgan fingerprint density at radius 1 is 1.36 bits per heavy atom. The Bertz CT molecular complexity index is 139. The predicted molar refractivity (Wildman–Crippen MR) is 56.2 cm³/mol. The van der Waals surface area contributed by atoms with Crippen LogP contribution < -0.4 is 0 Å². The number of carbonyl (C=O) groups excluding carboxylic acids is 1. The fraction of sp³-hybridized carbons (Fsp3) is 0.909. The summed E-state index contributed by atoms with van der Waals surface area (Å²) in [5.41, 5.74) is 0. The molecule has 3 nitrogen and oxygen atoms in total. The lowest BCUT2D eigenvalue weighted by Gasteiger charge is -2.21. The number of carbonyl (C=O) groups is 1. The summed E-state index contributed by atoms with van der Waals surface area (Å²) < 4.78 is 10.4. The lowest BCUT2D eigenvalue weighted by molar-refractivity contribution is -0.153. The zero-order valence-electron chi connectivity index (χ0n) is 9.54. The normalized spacial score (nSPS) is 16.8. The second-order valence-corrected chi connectivity index (χ2v) is 3.05. The molecule has 0 bridgehead atoms. The SMILES string of the molecule is CC.CCCC(=O)OC1CCOCC1. The predicted octanol–water partition coefficient (Wildman–Crippen LogP) is 2.53. The minimum Gasteiger partial charge on any atom is -0.462 e. The van der Waals surface area contributed by atoms with Crippen molar-refractivity contribution < 1.29 is 14.3 Å². The molecular weight excluding hydrogens is 180 g/mol. The molecule has 0 aromatic carbocycles. The van der Waals surface area contributed by atoms with E-state index in [-0.39, 0.29) is 12.1 Å². The highest BCUT2D eigenvalue weighted by Gasteiger charge is 2.17. The molecule has 0 N–H and O–H groups in total. The van der Waals surface area contributed by atoms with Crippen LogP contribution in [0.1, 0.15) is 46.5 Å². The maximum absolute atomic E-state index is 11.0. The Hall–Kier alpha value is -0.570. The Kier molecular flexibility index (Phi) is 8.64. The molecule has 0 aromatic rings. The van der Waals surface area contributed by atoms with E-state index in [1.54, 1.807) is 0 Å².